The van der Waals surface area contributed by atoms with E-state index in [1.165, 1.54) is 27.5 Å². The van der Waals surface area contributed by atoms with Crippen molar-refractivity contribution in [3.05, 3.63) is 114 Å². The van der Waals surface area contributed by atoms with Gasteiger partial charge in [0.1, 0.15) is 0 Å². The van der Waals surface area contributed by atoms with Crippen molar-refractivity contribution in [2.75, 3.05) is 5.32 Å². The van der Waals surface area contributed by atoms with Gasteiger partial charge in [-0.2, -0.15) is 0 Å². The van der Waals surface area contributed by atoms with Gasteiger partial charge in [-0.25, -0.2) is 0 Å². The van der Waals surface area contributed by atoms with Crippen LogP contribution in [0.2, 0.25) is 0 Å². The lowest BCUT2D eigenvalue weighted by atomic mass is 9.72. The van der Waals surface area contributed by atoms with E-state index in [0.29, 0.717) is 6.42 Å². The maximum absolute atomic E-state index is 13.6. The molecule has 0 radical (unpaired) electrons. The standard InChI is InChI=1S/C28H22N2O/c31-25-16-21(18-7-2-1-3-8-18)15-23-26-22-11-5-4-9-19(22)12-13-24(26)30-28(27(23)25)20-10-6-14-29-17-20/h1-14,17,21,28,30H,15-16H2/t21-,28+/m0/s1. The molecule has 1 aromatic heterocycles. The van der Waals surface area contributed by atoms with Gasteiger partial charge < -0.3 is 5.32 Å². The number of pyridine rings is 1. The van der Waals surface area contributed by atoms with Gasteiger partial charge in [0, 0.05) is 35.6 Å². The predicted octanol–water partition coefficient (Wildman–Crippen LogP) is 6.30. The van der Waals surface area contributed by atoms with Crippen molar-refractivity contribution in [2.45, 2.75) is 24.8 Å². The van der Waals surface area contributed by atoms with Gasteiger partial charge in [-0.3, -0.25) is 9.78 Å². The highest BCUT2D eigenvalue weighted by molar-refractivity contribution is 6.13. The molecule has 150 valence electrons. The van der Waals surface area contributed by atoms with Crippen LogP contribution in [-0.4, -0.2) is 10.8 Å². The highest BCUT2D eigenvalue weighted by Crippen LogP contribution is 2.50. The Morgan fingerprint density at radius 1 is 0.806 bits per heavy atom. The van der Waals surface area contributed by atoms with Crippen molar-refractivity contribution in [1.29, 1.82) is 0 Å². The lowest BCUT2D eigenvalue weighted by Gasteiger charge is -2.37. The molecule has 0 saturated heterocycles. The summed E-state index contributed by atoms with van der Waals surface area (Å²) < 4.78 is 0. The molecule has 2 aliphatic rings. The molecule has 1 aliphatic carbocycles. The number of anilines is 1. The average molecular weight is 402 g/mol. The number of Topliss-reactive ketones (excluding diaryl/α,β-unsaturated/α-hetero) is 1. The normalized spacial score (nSPS) is 20.2. The SMILES string of the molecule is O=C1C[C@@H](c2ccccc2)CC2=C1[C@@H](c1cccnc1)Nc1ccc3ccccc3c12. The average Bonchev–Trinajstić information content (AvgIpc) is 2.84. The Balaban J connectivity index is 1.59. The summed E-state index contributed by atoms with van der Waals surface area (Å²) in [5, 5.41) is 6.07. The summed E-state index contributed by atoms with van der Waals surface area (Å²) >= 11 is 0. The zero-order valence-electron chi connectivity index (χ0n) is 17.1. The molecular formula is C28H22N2O. The Labute approximate surface area is 181 Å². The number of fused-ring (bicyclic) bond motifs is 4. The second-order valence-electron chi connectivity index (χ2n) is 8.40. The highest BCUT2D eigenvalue weighted by atomic mass is 16.1. The molecular weight excluding hydrogens is 380 g/mol. The van der Waals surface area contributed by atoms with Crippen LogP contribution in [0.3, 0.4) is 0 Å². The molecule has 6 rings (SSSR count). The van der Waals surface area contributed by atoms with E-state index in [1.807, 2.05) is 18.3 Å². The Morgan fingerprint density at radius 3 is 2.45 bits per heavy atom. The van der Waals surface area contributed by atoms with E-state index < -0.39 is 0 Å². The third-order valence-electron chi connectivity index (χ3n) is 6.62. The second-order valence-corrected chi connectivity index (χ2v) is 8.40. The number of rotatable bonds is 2. The third-order valence-corrected chi connectivity index (χ3v) is 6.62. The fourth-order valence-corrected chi connectivity index (χ4v) is 5.20. The van der Waals surface area contributed by atoms with Crippen molar-refractivity contribution < 1.29 is 4.79 Å². The van der Waals surface area contributed by atoms with Crippen molar-refractivity contribution in [1.82, 2.24) is 4.98 Å². The maximum atomic E-state index is 13.6. The van der Waals surface area contributed by atoms with E-state index in [2.05, 4.69) is 77.0 Å². The van der Waals surface area contributed by atoms with Gasteiger partial charge in [0.05, 0.1) is 6.04 Å². The molecule has 1 N–H and O–H groups in total. The largest absolute Gasteiger partial charge is 0.373 e. The number of hydrogen-bond acceptors (Lipinski definition) is 3. The minimum absolute atomic E-state index is 0.165. The van der Waals surface area contributed by atoms with Crippen LogP contribution in [0.1, 0.15) is 41.5 Å². The number of benzene rings is 3. The Bertz CT molecular complexity index is 1330. The fourth-order valence-electron chi connectivity index (χ4n) is 5.20. The number of carbonyl (C=O) groups is 1. The monoisotopic (exact) mass is 402 g/mol. The molecule has 2 heterocycles. The first-order chi connectivity index (χ1) is 15.3. The first-order valence-corrected chi connectivity index (χ1v) is 10.8. The van der Waals surface area contributed by atoms with E-state index in [-0.39, 0.29) is 17.7 Å². The molecule has 0 amide bonds. The van der Waals surface area contributed by atoms with E-state index in [1.54, 1.807) is 6.20 Å². The molecule has 0 spiro atoms. The van der Waals surface area contributed by atoms with Crippen molar-refractivity contribution in [2.24, 2.45) is 0 Å². The minimum atomic E-state index is -0.165. The van der Waals surface area contributed by atoms with Crippen LogP contribution in [-0.2, 0) is 4.79 Å². The molecule has 31 heavy (non-hydrogen) atoms. The summed E-state index contributed by atoms with van der Waals surface area (Å²) in [7, 11) is 0. The van der Waals surface area contributed by atoms with Crippen LogP contribution < -0.4 is 5.32 Å². The van der Waals surface area contributed by atoms with Crippen LogP contribution >= 0.6 is 0 Å². The summed E-state index contributed by atoms with van der Waals surface area (Å²) in [6.45, 7) is 0. The molecule has 0 saturated carbocycles. The zero-order chi connectivity index (χ0) is 20.8. The molecule has 0 unspecified atom stereocenters. The summed E-state index contributed by atoms with van der Waals surface area (Å²) in [4.78, 5) is 17.9. The van der Waals surface area contributed by atoms with Gasteiger partial charge in [0.2, 0.25) is 0 Å². The molecule has 3 aromatic carbocycles. The number of carbonyl (C=O) groups excluding carboxylic acids is 1. The number of aromatic nitrogens is 1. The summed E-state index contributed by atoms with van der Waals surface area (Å²) in [6.07, 6.45) is 5.05. The summed E-state index contributed by atoms with van der Waals surface area (Å²) in [5.41, 5.74) is 6.63. The van der Waals surface area contributed by atoms with Crippen LogP contribution in [0.5, 0.6) is 0 Å². The first kappa shape index (κ1) is 18.1. The fraction of sp³-hybridized carbons (Fsp3) is 0.143. The topological polar surface area (TPSA) is 42.0 Å². The number of allylic oxidation sites excluding steroid dienone is 1. The Hall–Kier alpha value is -3.72. The molecule has 3 heteroatoms. The van der Waals surface area contributed by atoms with Crippen LogP contribution in [0.25, 0.3) is 16.3 Å². The lowest BCUT2D eigenvalue weighted by molar-refractivity contribution is -0.116. The Morgan fingerprint density at radius 2 is 1.61 bits per heavy atom. The van der Waals surface area contributed by atoms with Crippen LogP contribution in [0.15, 0.2) is 96.8 Å². The van der Waals surface area contributed by atoms with Crippen molar-refractivity contribution in [3.8, 4) is 0 Å². The van der Waals surface area contributed by atoms with Crippen molar-refractivity contribution >= 4 is 27.8 Å². The molecule has 1 aliphatic heterocycles. The number of ketones is 1. The molecule has 0 fully saturated rings. The van der Waals surface area contributed by atoms with Gasteiger partial charge >= 0.3 is 0 Å². The summed E-state index contributed by atoms with van der Waals surface area (Å²) in [6, 6.07) is 27.0. The van der Waals surface area contributed by atoms with E-state index >= 15 is 0 Å². The van der Waals surface area contributed by atoms with Crippen LogP contribution in [0, 0.1) is 0 Å². The maximum Gasteiger partial charge on any atom is 0.162 e. The Kier molecular flexibility index (Phi) is 4.20. The number of nitrogens with zero attached hydrogens (tertiary/aromatic N) is 1. The molecule has 4 aromatic rings. The van der Waals surface area contributed by atoms with Crippen LogP contribution in [0.4, 0.5) is 5.69 Å². The van der Waals surface area contributed by atoms with E-state index in [9.17, 15) is 4.79 Å². The van der Waals surface area contributed by atoms with Gasteiger partial charge in [-0.1, -0.05) is 66.7 Å². The second kappa shape index (κ2) is 7.21. The third kappa shape index (κ3) is 2.97. The highest BCUT2D eigenvalue weighted by Gasteiger charge is 2.38. The molecule has 2 atom stereocenters. The summed E-state index contributed by atoms with van der Waals surface area (Å²) in [5.74, 6) is 0.432. The first-order valence-electron chi connectivity index (χ1n) is 10.8. The van der Waals surface area contributed by atoms with Gasteiger partial charge in [0.15, 0.2) is 5.78 Å². The quantitative estimate of drug-likeness (QED) is 0.428. The van der Waals surface area contributed by atoms with Gasteiger partial charge in [-0.15, -0.1) is 0 Å². The molecule has 3 nitrogen and oxygen atoms in total. The predicted molar refractivity (Wildman–Crippen MR) is 125 cm³/mol. The zero-order valence-corrected chi connectivity index (χ0v) is 17.1. The smallest absolute Gasteiger partial charge is 0.162 e. The van der Waals surface area contributed by atoms with Gasteiger partial charge in [0.25, 0.3) is 0 Å². The van der Waals surface area contributed by atoms with E-state index in [4.69, 9.17) is 0 Å². The number of hydrogen-bond donors (Lipinski definition) is 1. The lowest BCUT2D eigenvalue weighted by Crippen LogP contribution is -2.29. The molecule has 0 bridgehead atoms. The van der Waals surface area contributed by atoms with Crippen molar-refractivity contribution in [3.63, 3.8) is 0 Å². The number of nitrogens with one attached hydrogen (secondary N) is 1. The van der Waals surface area contributed by atoms with Gasteiger partial charge in [-0.05, 0) is 51.9 Å². The minimum Gasteiger partial charge on any atom is -0.373 e. The van der Waals surface area contributed by atoms with E-state index in [0.717, 1.165) is 23.2 Å².